The number of hydrogen-bond donors (Lipinski definition) is 2. The van der Waals surface area contributed by atoms with Crippen molar-refractivity contribution in [3.8, 4) is 0 Å². The van der Waals surface area contributed by atoms with E-state index in [1.807, 2.05) is 4.90 Å². The number of aliphatic hydroxyl groups is 1. The first-order chi connectivity index (χ1) is 6.58. The first-order valence-electron chi connectivity index (χ1n) is 5.09. The Morgan fingerprint density at radius 3 is 2.36 bits per heavy atom. The summed E-state index contributed by atoms with van der Waals surface area (Å²) in [6.07, 6.45) is -0.548. The summed E-state index contributed by atoms with van der Waals surface area (Å²) >= 11 is 0. The summed E-state index contributed by atoms with van der Waals surface area (Å²) in [5.74, 6) is -2.49. The summed E-state index contributed by atoms with van der Waals surface area (Å²) < 4.78 is 25.7. The normalized spacial score (nSPS) is 38.8. The van der Waals surface area contributed by atoms with Crippen molar-refractivity contribution < 1.29 is 13.9 Å². The summed E-state index contributed by atoms with van der Waals surface area (Å²) in [7, 11) is 0. The second-order valence-corrected chi connectivity index (χ2v) is 4.18. The van der Waals surface area contributed by atoms with E-state index in [1.54, 1.807) is 0 Å². The van der Waals surface area contributed by atoms with Crippen molar-refractivity contribution in [2.75, 3.05) is 26.2 Å². The molecule has 0 aliphatic carbocycles. The van der Waals surface area contributed by atoms with Crippen LogP contribution < -0.4 is 5.32 Å². The molecule has 2 saturated heterocycles. The molecule has 2 heterocycles. The molecule has 3 nitrogen and oxygen atoms in total. The predicted molar refractivity (Wildman–Crippen MR) is 48.4 cm³/mol. The van der Waals surface area contributed by atoms with E-state index in [1.165, 1.54) is 0 Å². The van der Waals surface area contributed by atoms with E-state index in [0.29, 0.717) is 26.2 Å². The quantitative estimate of drug-likeness (QED) is 0.636. The van der Waals surface area contributed by atoms with Crippen molar-refractivity contribution in [1.29, 1.82) is 0 Å². The van der Waals surface area contributed by atoms with Gasteiger partial charge in [-0.3, -0.25) is 4.90 Å². The minimum atomic E-state index is -2.49. The van der Waals surface area contributed by atoms with E-state index in [0.717, 1.165) is 0 Å². The van der Waals surface area contributed by atoms with Gasteiger partial charge in [-0.1, -0.05) is 0 Å². The lowest BCUT2D eigenvalue weighted by molar-refractivity contribution is -0.0696. The van der Waals surface area contributed by atoms with Gasteiger partial charge in [-0.2, -0.15) is 0 Å². The van der Waals surface area contributed by atoms with Gasteiger partial charge in [0, 0.05) is 45.1 Å². The first-order valence-corrected chi connectivity index (χ1v) is 5.09. The molecule has 0 radical (unpaired) electrons. The fourth-order valence-electron chi connectivity index (χ4n) is 2.21. The van der Waals surface area contributed by atoms with Crippen LogP contribution in [0.3, 0.4) is 0 Å². The zero-order chi connectivity index (χ0) is 10.2. The average Bonchev–Trinajstić information content (AvgIpc) is 2.52. The number of likely N-dealkylation sites (tertiary alicyclic amines) is 1. The molecule has 0 aromatic carbocycles. The molecule has 0 amide bonds. The molecule has 2 rings (SSSR count). The molecule has 0 bridgehead atoms. The molecule has 2 aliphatic heterocycles. The molecule has 0 saturated carbocycles. The third-order valence-corrected chi connectivity index (χ3v) is 3.15. The summed E-state index contributed by atoms with van der Waals surface area (Å²) in [4.78, 5) is 1.97. The van der Waals surface area contributed by atoms with Crippen LogP contribution >= 0.6 is 0 Å². The number of β-amino-alcohol motifs (C(OH)–C–C–N with tert-alkyl or cyclic N) is 1. The molecular weight excluding hydrogens is 190 g/mol. The van der Waals surface area contributed by atoms with Gasteiger partial charge in [0.1, 0.15) is 0 Å². The van der Waals surface area contributed by atoms with Gasteiger partial charge < -0.3 is 10.4 Å². The molecule has 82 valence electrons. The van der Waals surface area contributed by atoms with Gasteiger partial charge in [0.25, 0.3) is 5.92 Å². The molecular formula is C9H16F2N2O. The molecule has 2 aliphatic rings. The summed E-state index contributed by atoms with van der Waals surface area (Å²) in [5.41, 5.74) is 0. The molecule has 2 atom stereocenters. The Kier molecular flexibility index (Phi) is 2.72. The van der Waals surface area contributed by atoms with Crippen LogP contribution in [0, 0.1) is 0 Å². The number of aliphatic hydroxyl groups excluding tert-OH is 1. The van der Waals surface area contributed by atoms with E-state index >= 15 is 0 Å². The van der Waals surface area contributed by atoms with Crippen molar-refractivity contribution in [3.05, 3.63) is 0 Å². The number of piperidine rings is 1. The SMILES string of the molecule is OC1CNCC1N1CCC(F)(F)CC1. The minimum absolute atomic E-state index is 0.0334. The second-order valence-electron chi connectivity index (χ2n) is 4.18. The summed E-state index contributed by atoms with van der Waals surface area (Å²) in [6.45, 7) is 2.09. The molecule has 14 heavy (non-hydrogen) atoms. The van der Waals surface area contributed by atoms with Crippen molar-refractivity contribution in [2.45, 2.75) is 30.9 Å². The van der Waals surface area contributed by atoms with Crippen LogP contribution in [0.15, 0.2) is 0 Å². The maximum Gasteiger partial charge on any atom is 0.250 e. The van der Waals surface area contributed by atoms with Gasteiger partial charge >= 0.3 is 0 Å². The fourth-order valence-corrected chi connectivity index (χ4v) is 2.21. The fraction of sp³-hybridized carbons (Fsp3) is 1.00. The Labute approximate surface area is 82.1 Å². The van der Waals surface area contributed by atoms with Crippen molar-refractivity contribution in [2.24, 2.45) is 0 Å². The molecule has 2 fully saturated rings. The van der Waals surface area contributed by atoms with Gasteiger partial charge in [-0.05, 0) is 0 Å². The van der Waals surface area contributed by atoms with Crippen LogP contribution in [0.1, 0.15) is 12.8 Å². The smallest absolute Gasteiger partial charge is 0.250 e. The monoisotopic (exact) mass is 206 g/mol. The highest BCUT2D eigenvalue weighted by Gasteiger charge is 2.39. The first kappa shape index (κ1) is 10.3. The Morgan fingerprint density at radius 1 is 1.21 bits per heavy atom. The van der Waals surface area contributed by atoms with E-state index in [2.05, 4.69) is 5.32 Å². The number of nitrogens with one attached hydrogen (secondary N) is 1. The van der Waals surface area contributed by atoms with Crippen LogP contribution in [0.4, 0.5) is 8.78 Å². The maximum absolute atomic E-state index is 12.9. The number of halogens is 2. The van der Waals surface area contributed by atoms with Gasteiger partial charge in [0.2, 0.25) is 0 Å². The van der Waals surface area contributed by atoms with Crippen LogP contribution in [0.2, 0.25) is 0 Å². The van der Waals surface area contributed by atoms with Crippen LogP contribution in [0.5, 0.6) is 0 Å². The minimum Gasteiger partial charge on any atom is -0.390 e. The highest BCUT2D eigenvalue weighted by molar-refractivity contribution is 4.91. The lowest BCUT2D eigenvalue weighted by Crippen LogP contribution is -2.49. The van der Waals surface area contributed by atoms with Gasteiger partial charge in [-0.15, -0.1) is 0 Å². The summed E-state index contributed by atoms with van der Waals surface area (Å²) in [5, 5.41) is 12.6. The van der Waals surface area contributed by atoms with E-state index in [-0.39, 0.29) is 18.9 Å². The molecule has 2 unspecified atom stereocenters. The molecule has 5 heteroatoms. The number of nitrogens with zero attached hydrogens (tertiary/aromatic N) is 1. The van der Waals surface area contributed by atoms with Gasteiger partial charge in [0.15, 0.2) is 0 Å². The lowest BCUT2D eigenvalue weighted by Gasteiger charge is -2.36. The highest BCUT2D eigenvalue weighted by atomic mass is 19.3. The second kappa shape index (κ2) is 3.72. The number of alkyl halides is 2. The molecule has 0 spiro atoms. The Balaban J connectivity index is 1.89. The summed E-state index contributed by atoms with van der Waals surface area (Å²) in [6, 6.07) is 0.0334. The van der Waals surface area contributed by atoms with Gasteiger partial charge in [-0.25, -0.2) is 8.78 Å². The largest absolute Gasteiger partial charge is 0.390 e. The third kappa shape index (κ3) is 2.04. The van der Waals surface area contributed by atoms with Crippen molar-refractivity contribution in [3.63, 3.8) is 0 Å². The van der Waals surface area contributed by atoms with E-state index < -0.39 is 12.0 Å². The highest BCUT2D eigenvalue weighted by Crippen LogP contribution is 2.29. The standard InChI is InChI=1S/C9H16F2N2O/c10-9(11)1-3-13(4-2-9)7-5-12-6-8(7)14/h7-8,12,14H,1-6H2. The predicted octanol–water partition coefficient (Wildman–Crippen LogP) is 0.0502. The topological polar surface area (TPSA) is 35.5 Å². The Morgan fingerprint density at radius 2 is 1.86 bits per heavy atom. The van der Waals surface area contributed by atoms with Crippen LogP contribution in [-0.4, -0.2) is 54.3 Å². The van der Waals surface area contributed by atoms with E-state index in [4.69, 9.17) is 0 Å². The Hall–Kier alpha value is -0.260. The third-order valence-electron chi connectivity index (χ3n) is 3.15. The Bertz CT molecular complexity index is 203. The van der Waals surface area contributed by atoms with Crippen LogP contribution in [-0.2, 0) is 0 Å². The van der Waals surface area contributed by atoms with Gasteiger partial charge in [0.05, 0.1) is 6.10 Å². The zero-order valence-corrected chi connectivity index (χ0v) is 8.05. The van der Waals surface area contributed by atoms with Crippen molar-refractivity contribution >= 4 is 0 Å². The molecule has 0 aromatic heterocycles. The number of hydrogen-bond acceptors (Lipinski definition) is 3. The molecule has 0 aromatic rings. The lowest BCUT2D eigenvalue weighted by atomic mass is 10.0. The van der Waals surface area contributed by atoms with Crippen LogP contribution in [0.25, 0.3) is 0 Å². The zero-order valence-electron chi connectivity index (χ0n) is 8.05. The van der Waals surface area contributed by atoms with E-state index in [9.17, 15) is 13.9 Å². The average molecular weight is 206 g/mol. The maximum atomic E-state index is 12.9. The number of rotatable bonds is 1. The van der Waals surface area contributed by atoms with Crippen molar-refractivity contribution in [1.82, 2.24) is 10.2 Å². The molecule has 2 N–H and O–H groups in total.